The van der Waals surface area contributed by atoms with E-state index in [0.29, 0.717) is 5.82 Å². The number of nitrogens with zero attached hydrogens (tertiary/aromatic N) is 3. The summed E-state index contributed by atoms with van der Waals surface area (Å²) in [7, 11) is -3.55. The molecule has 0 atom stereocenters. The minimum absolute atomic E-state index is 0.0155. The Morgan fingerprint density at radius 3 is 2.36 bits per heavy atom. The van der Waals surface area contributed by atoms with E-state index in [0.717, 1.165) is 21.7 Å². The Kier molecular flexibility index (Phi) is 6.17. The van der Waals surface area contributed by atoms with E-state index in [2.05, 4.69) is 15.5 Å². The van der Waals surface area contributed by atoms with Crippen LogP contribution in [0.1, 0.15) is 11.5 Å². The van der Waals surface area contributed by atoms with Gasteiger partial charge in [-0.3, -0.25) is 4.79 Å². The van der Waals surface area contributed by atoms with Gasteiger partial charge in [0.1, 0.15) is 0 Å². The number of sulfonamides is 1. The highest BCUT2D eigenvalue weighted by Gasteiger charge is 2.21. The van der Waals surface area contributed by atoms with Crippen LogP contribution < -0.4 is 5.32 Å². The van der Waals surface area contributed by atoms with Crippen LogP contribution in [0.15, 0.2) is 65.2 Å². The summed E-state index contributed by atoms with van der Waals surface area (Å²) < 4.78 is 30.3. The zero-order valence-electron chi connectivity index (χ0n) is 15.3. The lowest BCUT2D eigenvalue weighted by atomic mass is 10.2. The highest BCUT2D eigenvalue weighted by atomic mass is 32.2. The van der Waals surface area contributed by atoms with Crippen molar-refractivity contribution in [1.29, 1.82) is 0 Å². The van der Waals surface area contributed by atoms with Crippen molar-refractivity contribution in [3.8, 4) is 11.4 Å². The fraction of sp³-hybridized carbons (Fsp3) is 0.211. The van der Waals surface area contributed by atoms with Crippen molar-refractivity contribution in [1.82, 2.24) is 19.8 Å². The maximum absolute atomic E-state index is 12.2. The summed E-state index contributed by atoms with van der Waals surface area (Å²) in [6.45, 7) is -0.166. The topological polar surface area (TPSA) is 105 Å². The molecule has 3 rings (SSSR count). The Labute approximate surface area is 163 Å². The number of benzene rings is 2. The van der Waals surface area contributed by atoms with E-state index in [1.165, 1.54) is 0 Å². The van der Waals surface area contributed by atoms with Gasteiger partial charge in [-0.1, -0.05) is 65.8 Å². The summed E-state index contributed by atoms with van der Waals surface area (Å²) in [5.41, 5.74) is 1.60. The second kappa shape index (κ2) is 8.77. The van der Waals surface area contributed by atoms with Gasteiger partial charge in [0.15, 0.2) is 0 Å². The number of hydrogen-bond donors (Lipinski definition) is 1. The van der Waals surface area contributed by atoms with Crippen LogP contribution >= 0.6 is 0 Å². The average molecular weight is 400 g/mol. The molecule has 8 nitrogen and oxygen atoms in total. The van der Waals surface area contributed by atoms with Crippen LogP contribution in [0.4, 0.5) is 0 Å². The van der Waals surface area contributed by atoms with Gasteiger partial charge in [-0.25, -0.2) is 8.42 Å². The molecule has 0 radical (unpaired) electrons. The van der Waals surface area contributed by atoms with Crippen molar-refractivity contribution in [2.24, 2.45) is 0 Å². The predicted octanol–water partition coefficient (Wildman–Crippen LogP) is 1.81. The first kappa shape index (κ1) is 19.7. The lowest BCUT2D eigenvalue weighted by molar-refractivity contribution is -0.121. The van der Waals surface area contributed by atoms with Crippen LogP contribution in [-0.2, 0) is 27.9 Å². The second-order valence-corrected chi connectivity index (χ2v) is 8.15. The third-order valence-corrected chi connectivity index (χ3v) is 5.12. The van der Waals surface area contributed by atoms with E-state index >= 15 is 0 Å². The Bertz CT molecular complexity index is 1020. The molecule has 0 aliphatic carbocycles. The molecular weight excluding hydrogens is 380 g/mol. The van der Waals surface area contributed by atoms with Gasteiger partial charge in [-0.05, 0) is 5.56 Å². The molecule has 1 amide bonds. The molecule has 0 spiro atoms. The molecule has 0 fully saturated rings. The molecule has 3 aromatic rings. The maximum atomic E-state index is 12.2. The van der Waals surface area contributed by atoms with Crippen molar-refractivity contribution in [2.45, 2.75) is 13.1 Å². The number of nitrogens with one attached hydrogen (secondary N) is 1. The normalized spacial score (nSPS) is 11.5. The van der Waals surface area contributed by atoms with Gasteiger partial charge in [-0.2, -0.15) is 9.29 Å². The Morgan fingerprint density at radius 2 is 1.71 bits per heavy atom. The highest BCUT2D eigenvalue weighted by molar-refractivity contribution is 7.88. The molecule has 0 saturated heterocycles. The SMILES string of the molecule is CS(=O)(=O)N(CC(=O)NCc1nc(-c2ccccc2)no1)Cc1ccccc1. The van der Waals surface area contributed by atoms with Crippen molar-refractivity contribution in [2.75, 3.05) is 12.8 Å². The molecule has 2 aromatic carbocycles. The number of carbonyl (C=O) groups excluding carboxylic acids is 1. The summed E-state index contributed by atoms with van der Waals surface area (Å²) in [5, 5.41) is 6.49. The summed E-state index contributed by atoms with van der Waals surface area (Å²) >= 11 is 0. The first-order valence-electron chi connectivity index (χ1n) is 8.55. The Balaban J connectivity index is 1.58. The number of aromatic nitrogens is 2. The third-order valence-electron chi connectivity index (χ3n) is 3.93. The first-order valence-corrected chi connectivity index (χ1v) is 10.4. The molecule has 0 unspecified atom stereocenters. The quantitative estimate of drug-likeness (QED) is 0.618. The van der Waals surface area contributed by atoms with Gasteiger partial charge in [0.25, 0.3) is 0 Å². The predicted molar refractivity (Wildman–Crippen MR) is 103 cm³/mol. The Morgan fingerprint density at radius 1 is 1.07 bits per heavy atom. The summed E-state index contributed by atoms with van der Waals surface area (Å²) in [6.07, 6.45) is 1.08. The van der Waals surface area contributed by atoms with Crippen LogP contribution in [0.3, 0.4) is 0 Å². The molecule has 0 bridgehead atoms. The fourth-order valence-electron chi connectivity index (χ4n) is 2.50. The van der Waals surface area contributed by atoms with Gasteiger partial charge in [0.05, 0.1) is 19.3 Å². The van der Waals surface area contributed by atoms with Crippen LogP contribution in [0, 0.1) is 0 Å². The molecule has 1 N–H and O–H groups in total. The van der Waals surface area contributed by atoms with E-state index in [-0.39, 0.29) is 25.5 Å². The summed E-state index contributed by atoms with van der Waals surface area (Å²) in [6, 6.07) is 18.4. The van der Waals surface area contributed by atoms with E-state index in [1.54, 1.807) is 12.1 Å². The molecule has 146 valence electrons. The number of rotatable bonds is 8. The minimum atomic E-state index is -3.55. The smallest absolute Gasteiger partial charge is 0.246 e. The number of carbonyl (C=O) groups is 1. The molecule has 1 aromatic heterocycles. The Hall–Kier alpha value is -3.04. The van der Waals surface area contributed by atoms with Crippen molar-refractivity contribution < 1.29 is 17.7 Å². The molecule has 9 heteroatoms. The second-order valence-electron chi connectivity index (χ2n) is 6.17. The average Bonchev–Trinajstić information content (AvgIpc) is 3.16. The van der Waals surface area contributed by atoms with Gasteiger partial charge in [-0.15, -0.1) is 0 Å². The maximum Gasteiger partial charge on any atom is 0.246 e. The van der Waals surface area contributed by atoms with Gasteiger partial charge in [0, 0.05) is 12.1 Å². The van der Waals surface area contributed by atoms with Crippen molar-refractivity contribution in [3.05, 3.63) is 72.1 Å². The summed E-state index contributed by atoms with van der Waals surface area (Å²) in [5.74, 6) is 0.202. The van der Waals surface area contributed by atoms with E-state index in [1.807, 2.05) is 48.5 Å². The largest absolute Gasteiger partial charge is 0.346 e. The van der Waals surface area contributed by atoms with E-state index < -0.39 is 15.9 Å². The summed E-state index contributed by atoms with van der Waals surface area (Å²) in [4.78, 5) is 16.5. The molecule has 0 aliphatic rings. The minimum Gasteiger partial charge on any atom is -0.346 e. The van der Waals surface area contributed by atoms with Gasteiger partial charge in [0.2, 0.25) is 27.6 Å². The lowest BCUT2D eigenvalue weighted by Gasteiger charge is -2.19. The van der Waals surface area contributed by atoms with Crippen LogP contribution in [-0.4, -0.2) is 41.6 Å². The number of amides is 1. The standard InChI is InChI=1S/C19H20N4O4S/c1-28(25,26)23(13-15-8-4-2-5-9-15)14-17(24)20-12-18-21-19(22-27-18)16-10-6-3-7-11-16/h2-11H,12-14H2,1H3,(H,20,24). The highest BCUT2D eigenvalue weighted by Crippen LogP contribution is 2.14. The van der Waals surface area contributed by atoms with Crippen molar-refractivity contribution >= 4 is 15.9 Å². The van der Waals surface area contributed by atoms with Crippen molar-refractivity contribution in [3.63, 3.8) is 0 Å². The van der Waals surface area contributed by atoms with Crippen LogP contribution in [0.2, 0.25) is 0 Å². The van der Waals surface area contributed by atoms with Crippen LogP contribution in [0.25, 0.3) is 11.4 Å². The molecule has 0 aliphatic heterocycles. The van der Waals surface area contributed by atoms with Gasteiger partial charge < -0.3 is 9.84 Å². The first-order chi connectivity index (χ1) is 13.4. The lowest BCUT2D eigenvalue weighted by Crippen LogP contribution is -2.39. The van der Waals surface area contributed by atoms with E-state index in [4.69, 9.17) is 4.52 Å². The zero-order valence-corrected chi connectivity index (χ0v) is 16.1. The monoisotopic (exact) mass is 400 g/mol. The fourth-order valence-corrected chi connectivity index (χ4v) is 3.23. The molecule has 0 saturated carbocycles. The number of hydrogen-bond acceptors (Lipinski definition) is 6. The molecule has 28 heavy (non-hydrogen) atoms. The van der Waals surface area contributed by atoms with E-state index in [9.17, 15) is 13.2 Å². The van der Waals surface area contributed by atoms with Gasteiger partial charge >= 0.3 is 0 Å². The molecule has 1 heterocycles. The van der Waals surface area contributed by atoms with Crippen LogP contribution in [0.5, 0.6) is 0 Å². The third kappa shape index (κ3) is 5.48. The zero-order chi connectivity index (χ0) is 20.0. The molecular formula is C19H20N4O4S.